The summed E-state index contributed by atoms with van der Waals surface area (Å²) in [5.41, 5.74) is 2.50. The summed E-state index contributed by atoms with van der Waals surface area (Å²) >= 11 is 1.58. The molecule has 3 rings (SSSR count). The topological polar surface area (TPSA) is 84.5 Å². The standard InChI is InChI=1S/C25H24N2O4S/c1-25(2,3)31-24(30)27-20-12-11-19(22-5-4-14-32-22)15-21(20)26-23(29)13-10-17-6-8-18(16-28)9-7-17/h4-16H,1-3H3,(H,26,29)(H,27,30). The molecular formula is C25H24N2O4S. The van der Waals surface area contributed by atoms with Crippen molar-refractivity contribution in [3.05, 3.63) is 77.2 Å². The van der Waals surface area contributed by atoms with E-state index in [0.717, 1.165) is 22.3 Å². The first-order valence-electron chi connectivity index (χ1n) is 9.96. The first-order chi connectivity index (χ1) is 15.2. The molecule has 1 aromatic heterocycles. The van der Waals surface area contributed by atoms with Crippen LogP contribution in [-0.4, -0.2) is 23.9 Å². The molecule has 7 heteroatoms. The molecule has 0 atom stereocenters. The van der Waals surface area contributed by atoms with E-state index in [4.69, 9.17) is 4.74 Å². The van der Waals surface area contributed by atoms with Crippen LogP contribution in [0.1, 0.15) is 36.7 Å². The fourth-order valence-electron chi connectivity index (χ4n) is 2.80. The smallest absolute Gasteiger partial charge is 0.412 e. The summed E-state index contributed by atoms with van der Waals surface area (Å²) in [6.07, 6.45) is 3.20. The molecule has 32 heavy (non-hydrogen) atoms. The van der Waals surface area contributed by atoms with E-state index in [1.165, 1.54) is 6.08 Å². The van der Waals surface area contributed by atoms with Gasteiger partial charge in [0.05, 0.1) is 11.4 Å². The Morgan fingerprint density at radius 1 is 0.938 bits per heavy atom. The summed E-state index contributed by atoms with van der Waals surface area (Å²) in [5, 5.41) is 7.50. The molecule has 1 heterocycles. The summed E-state index contributed by atoms with van der Waals surface area (Å²) in [6.45, 7) is 5.34. The quantitative estimate of drug-likeness (QED) is 0.346. The van der Waals surface area contributed by atoms with Crippen LogP contribution in [0, 0.1) is 0 Å². The minimum atomic E-state index is -0.646. The zero-order valence-electron chi connectivity index (χ0n) is 18.0. The number of aldehydes is 1. The minimum Gasteiger partial charge on any atom is -0.444 e. The number of rotatable bonds is 6. The molecule has 3 aromatic rings. The number of anilines is 2. The number of amides is 2. The second-order valence-electron chi connectivity index (χ2n) is 7.97. The first kappa shape index (κ1) is 23.0. The van der Waals surface area contributed by atoms with E-state index in [9.17, 15) is 14.4 Å². The lowest BCUT2D eigenvalue weighted by atomic mass is 10.1. The van der Waals surface area contributed by atoms with Crippen LogP contribution in [0.2, 0.25) is 0 Å². The molecule has 0 unspecified atom stereocenters. The number of benzene rings is 2. The zero-order chi connectivity index (χ0) is 23.1. The Bertz CT molecular complexity index is 1130. The summed E-state index contributed by atoms with van der Waals surface area (Å²) in [7, 11) is 0. The van der Waals surface area contributed by atoms with E-state index in [0.29, 0.717) is 16.9 Å². The van der Waals surface area contributed by atoms with Gasteiger partial charge in [-0.25, -0.2) is 4.79 Å². The van der Waals surface area contributed by atoms with Crippen molar-refractivity contribution in [1.82, 2.24) is 0 Å². The molecule has 0 aliphatic heterocycles. The van der Waals surface area contributed by atoms with Crippen LogP contribution in [0.3, 0.4) is 0 Å². The molecule has 0 bridgehead atoms. The Morgan fingerprint density at radius 2 is 1.66 bits per heavy atom. The van der Waals surface area contributed by atoms with Gasteiger partial charge in [0, 0.05) is 16.5 Å². The van der Waals surface area contributed by atoms with Crippen molar-refractivity contribution in [1.29, 1.82) is 0 Å². The summed E-state index contributed by atoms with van der Waals surface area (Å²) in [4.78, 5) is 36.6. The van der Waals surface area contributed by atoms with E-state index >= 15 is 0 Å². The fraction of sp³-hybridized carbons (Fsp3) is 0.160. The highest BCUT2D eigenvalue weighted by Crippen LogP contribution is 2.32. The van der Waals surface area contributed by atoms with Crippen molar-refractivity contribution in [2.75, 3.05) is 10.6 Å². The van der Waals surface area contributed by atoms with Gasteiger partial charge in [-0.15, -0.1) is 11.3 Å². The highest BCUT2D eigenvalue weighted by atomic mass is 32.1. The third kappa shape index (κ3) is 6.65. The number of nitrogens with one attached hydrogen (secondary N) is 2. The molecule has 6 nitrogen and oxygen atoms in total. The molecule has 0 fully saturated rings. The highest BCUT2D eigenvalue weighted by molar-refractivity contribution is 7.13. The van der Waals surface area contributed by atoms with Crippen molar-refractivity contribution in [2.24, 2.45) is 0 Å². The Balaban J connectivity index is 1.81. The average molecular weight is 449 g/mol. The van der Waals surface area contributed by atoms with Crippen LogP contribution in [-0.2, 0) is 9.53 Å². The summed E-state index contributed by atoms with van der Waals surface area (Å²) < 4.78 is 5.33. The Hall–Kier alpha value is -3.71. The summed E-state index contributed by atoms with van der Waals surface area (Å²) in [6, 6.07) is 16.2. The third-order valence-electron chi connectivity index (χ3n) is 4.22. The van der Waals surface area contributed by atoms with Crippen LogP contribution < -0.4 is 10.6 Å². The summed E-state index contributed by atoms with van der Waals surface area (Å²) in [5.74, 6) is -0.361. The largest absolute Gasteiger partial charge is 0.444 e. The lowest BCUT2D eigenvalue weighted by Crippen LogP contribution is -2.27. The normalized spacial score (nSPS) is 11.2. The molecule has 164 valence electrons. The molecular weight excluding hydrogens is 424 g/mol. The number of carbonyl (C=O) groups is 3. The Morgan fingerprint density at radius 3 is 2.28 bits per heavy atom. The predicted molar refractivity (Wildman–Crippen MR) is 129 cm³/mol. The van der Waals surface area contributed by atoms with Gasteiger partial charge in [0.15, 0.2) is 0 Å². The molecule has 0 saturated heterocycles. The van der Waals surface area contributed by atoms with Crippen LogP contribution in [0.4, 0.5) is 16.2 Å². The van der Waals surface area contributed by atoms with Gasteiger partial charge < -0.3 is 10.1 Å². The molecule has 2 N–H and O–H groups in total. The number of ether oxygens (including phenoxy) is 1. The van der Waals surface area contributed by atoms with Gasteiger partial charge in [0.2, 0.25) is 5.91 Å². The van der Waals surface area contributed by atoms with Gasteiger partial charge in [-0.3, -0.25) is 14.9 Å². The second kappa shape index (κ2) is 10.1. The number of thiophene rings is 1. The van der Waals surface area contributed by atoms with Crippen molar-refractivity contribution in [2.45, 2.75) is 26.4 Å². The Labute approximate surface area is 190 Å². The van der Waals surface area contributed by atoms with E-state index in [-0.39, 0.29) is 5.91 Å². The van der Waals surface area contributed by atoms with E-state index < -0.39 is 11.7 Å². The monoisotopic (exact) mass is 448 g/mol. The third-order valence-corrected chi connectivity index (χ3v) is 5.14. The lowest BCUT2D eigenvalue weighted by molar-refractivity contribution is -0.111. The van der Waals surface area contributed by atoms with Crippen LogP contribution >= 0.6 is 11.3 Å². The molecule has 2 amide bonds. The fourth-order valence-corrected chi connectivity index (χ4v) is 3.52. The van der Waals surface area contributed by atoms with Gasteiger partial charge >= 0.3 is 6.09 Å². The first-order valence-corrected chi connectivity index (χ1v) is 10.8. The van der Waals surface area contributed by atoms with E-state index in [1.807, 2.05) is 29.6 Å². The second-order valence-corrected chi connectivity index (χ2v) is 8.92. The SMILES string of the molecule is CC(C)(C)OC(=O)Nc1ccc(-c2cccs2)cc1NC(=O)C=Cc1ccc(C=O)cc1. The number of carbonyl (C=O) groups excluding carboxylic acids is 3. The van der Waals surface area contributed by atoms with Gasteiger partial charge in [-0.2, -0.15) is 0 Å². The predicted octanol–water partition coefficient (Wildman–Crippen LogP) is 6.23. The number of hydrogen-bond donors (Lipinski definition) is 2. The average Bonchev–Trinajstić information content (AvgIpc) is 3.27. The molecule has 0 radical (unpaired) electrons. The van der Waals surface area contributed by atoms with Crippen LogP contribution in [0.25, 0.3) is 16.5 Å². The van der Waals surface area contributed by atoms with Gasteiger partial charge in [0.25, 0.3) is 0 Å². The highest BCUT2D eigenvalue weighted by Gasteiger charge is 2.18. The van der Waals surface area contributed by atoms with Gasteiger partial charge in [0.1, 0.15) is 11.9 Å². The molecule has 0 aliphatic carbocycles. The number of hydrogen-bond acceptors (Lipinski definition) is 5. The Kier molecular flexibility index (Phi) is 7.22. The van der Waals surface area contributed by atoms with E-state index in [2.05, 4.69) is 10.6 Å². The van der Waals surface area contributed by atoms with Crippen molar-refractivity contribution >= 4 is 47.1 Å². The van der Waals surface area contributed by atoms with Crippen molar-refractivity contribution in [3.8, 4) is 10.4 Å². The van der Waals surface area contributed by atoms with Crippen molar-refractivity contribution < 1.29 is 19.1 Å². The zero-order valence-corrected chi connectivity index (χ0v) is 18.9. The molecule has 0 aliphatic rings. The molecule has 0 saturated carbocycles. The van der Waals surface area contributed by atoms with Gasteiger partial charge in [-0.05, 0) is 61.6 Å². The van der Waals surface area contributed by atoms with Crippen molar-refractivity contribution in [3.63, 3.8) is 0 Å². The maximum Gasteiger partial charge on any atom is 0.412 e. The van der Waals surface area contributed by atoms with Crippen LogP contribution in [0.5, 0.6) is 0 Å². The maximum atomic E-state index is 12.6. The van der Waals surface area contributed by atoms with Gasteiger partial charge in [-0.1, -0.05) is 36.4 Å². The molecule has 0 spiro atoms. The lowest BCUT2D eigenvalue weighted by Gasteiger charge is -2.20. The van der Waals surface area contributed by atoms with Crippen LogP contribution in [0.15, 0.2) is 66.1 Å². The molecule has 2 aromatic carbocycles. The maximum absolute atomic E-state index is 12.6. The minimum absolute atomic E-state index is 0.361. The van der Waals surface area contributed by atoms with E-state index in [1.54, 1.807) is 68.5 Å².